The first-order valence-corrected chi connectivity index (χ1v) is 7.45. The van der Waals surface area contributed by atoms with E-state index in [0.717, 1.165) is 17.1 Å². The van der Waals surface area contributed by atoms with Crippen molar-refractivity contribution in [2.75, 3.05) is 12.4 Å². The predicted molar refractivity (Wildman–Crippen MR) is 77.5 cm³/mol. The van der Waals surface area contributed by atoms with Crippen molar-refractivity contribution in [2.45, 2.75) is 34.6 Å². The summed E-state index contributed by atoms with van der Waals surface area (Å²) in [6.45, 7) is 9.62. The summed E-state index contributed by atoms with van der Waals surface area (Å²) in [7, 11) is 0. The number of hydrogen-bond acceptors (Lipinski definition) is 5. The molecule has 0 aromatic carbocycles. The van der Waals surface area contributed by atoms with Gasteiger partial charge in [-0.3, -0.25) is 4.79 Å². The van der Waals surface area contributed by atoms with Gasteiger partial charge in [0.15, 0.2) is 0 Å². The maximum atomic E-state index is 12.1. The number of hydrogen-bond donors (Lipinski definition) is 1. The van der Waals surface area contributed by atoms with E-state index in [0.29, 0.717) is 17.8 Å². The molecule has 1 rings (SSSR count). The molecule has 0 radical (unpaired) electrons. The molecule has 0 bridgehead atoms. The number of carbonyl (C=O) groups excluding carboxylic acids is 2. The lowest BCUT2D eigenvalue weighted by atomic mass is 9.88. The van der Waals surface area contributed by atoms with Gasteiger partial charge in [0.25, 0.3) is 0 Å². The van der Waals surface area contributed by atoms with Crippen LogP contribution in [0.1, 0.15) is 34.6 Å². The van der Waals surface area contributed by atoms with Gasteiger partial charge in [0.05, 0.1) is 12.2 Å². The van der Waals surface area contributed by atoms with Gasteiger partial charge in [0, 0.05) is 22.9 Å². The van der Waals surface area contributed by atoms with Crippen molar-refractivity contribution in [1.29, 1.82) is 0 Å². The molecule has 4 nitrogen and oxygen atoms in total. The Labute approximate surface area is 118 Å². The van der Waals surface area contributed by atoms with Crippen molar-refractivity contribution in [3.8, 4) is 0 Å². The Balaban J connectivity index is 3.08. The summed E-state index contributed by atoms with van der Waals surface area (Å²) in [5.41, 5.74) is 2.80. The van der Waals surface area contributed by atoms with E-state index < -0.39 is 0 Å². The van der Waals surface area contributed by atoms with E-state index in [-0.39, 0.29) is 17.0 Å². The zero-order valence-corrected chi connectivity index (χ0v) is 12.9. The molecule has 0 fully saturated rings. The van der Waals surface area contributed by atoms with Gasteiger partial charge in [0.2, 0.25) is 5.12 Å². The van der Waals surface area contributed by atoms with Crippen molar-refractivity contribution >= 4 is 22.8 Å². The molecule has 19 heavy (non-hydrogen) atoms. The molecule has 0 aliphatic carbocycles. The molecule has 0 aromatic rings. The van der Waals surface area contributed by atoms with Gasteiger partial charge < -0.3 is 10.1 Å². The molecule has 0 saturated heterocycles. The number of esters is 1. The molecule has 0 amide bonds. The number of nitrogens with one attached hydrogen (secondary N) is 1. The Morgan fingerprint density at radius 1 is 1.21 bits per heavy atom. The number of rotatable bonds is 4. The Morgan fingerprint density at radius 2 is 1.79 bits per heavy atom. The lowest BCUT2D eigenvalue weighted by molar-refractivity contribution is -0.139. The second kappa shape index (κ2) is 6.80. The van der Waals surface area contributed by atoms with E-state index in [4.69, 9.17) is 4.74 Å². The molecule has 1 unspecified atom stereocenters. The predicted octanol–water partition coefficient (Wildman–Crippen LogP) is 2.62. The Kier molecular flexibility index (Phi) is 5.66. The van der Waals surface area contributed by atoms with Crippen molar-refractivity contribution in [1.82, 2.24) is 5.32 Å². The topological polar surface area (TPSA) is 55.4 Å². The van der Waals surface area contributed by atoms with Crippen LogP contribution < -0.4 is 5.32 Å². The highest BCUT2D eigenvalue weighted by molar-refractivity contribution is 8.14. The highest BCUT2D eigenvalue weighted by Gasteiger charge is 2.32. The number of thioether (sulfide) groups is 1. The van der Waals surface area contributed by atoms with E-state index in [1.54, 1.807) is 6.92 Å². The lowest BCUT2D eigenvalue weighted by Crippen LogP contribution is -2.31. The van der Waals surface area contributed by atoms with Crippen molar-refractivity contribution in [3.05, 3.63) is 22.5 Å². The van der Waals surface area contributed by atoms with E-state index in [2.05, 4.69) is 5.32 Å². The minimum absolute atomic E-state index is 0.0225. The van der Waals surface area contributed by atoms with E-state index in [1.165, 1.54) is 11.8 Å². The molecule has 0 saturated carbocycles. The SMILES string of the molecule is CCOC(=O)C1=C(C)NC(C)=C(C(=O)SCC)C1C. The molecule has 0 spiro atoms. The van der Waals surface area contributed by atoms with Crippen LogP contribution in [0.15, 0.2) is 22.5 Å². The van der Waals surface area contributed by atoms with Crippen molar-refractivity contribution in [2.24, 2.45) is 5.92 Å². The molecule has 1 atom stereocenters. The van der Waals surface area contributed by atoms with Crippen LogP contribution in [0, 0.1) is 5.92 Å². The average Bonchev–Trinajstić information content (AvgIpc) is 2.28. The average molecular weight is 283 g/mol. The molecule has 5 heteroatoms. The fourth-order valence-corrected chi connectivity index (χ4v) is 3.03. The van der Waals surface area contributed by atoms with Crippen molar-refractivity contribution < 1.29 is 14.3 Å². The van der Waals surface area contributed by atoms with E-state index >= 15 is 0 Å². The van der Waals surface area contributed by atoms with Crippen LogP contribution in [0.5, 0.6) is 0 Å². The maximum Gasteiger partial charge on any atom is 0.336 e. The van der Waals surface area contributed by atoms with Gasteiger partial charge >= 0.3 is 5.97 Å². The van der Waals surface area contributed by atoms with Crippen LogP contribution in [0.2, 0.25) is 0 Å². The molecule has 1 aliphatic rings. The first-order valence-electron chi connectivity index (χ1n) is 6.46. The van der Waals surface area contributed by atoms with E-state index in [9.17, 15) is 9.59 Å². The summed E-state index contributed by atoms with van der Waals surface area (Å²) < 4.78 is 5.07. The molecule has 1 aliphatic heterocycles. The van der Waals surface area contributed by atoms with Crippen LogP contribution in [0.4, 0.5) is 0 Å². The van der Waals surface area contributed by atoms with Crippen LogP contribution in [-0.4, -0.2) is 23.4 Å². The smallest absolute Gasteiger partial charge is 0.336 e. The largest absolute Gasteiger partial charge is 0.463 e. The number of ether oxygens (including phenoxy) is 1. The van der Waals surface area contributed by atoms with Gasteiger partial charge in [-0.25, -0.2) is 4.79 Å². The first-order chi connectivity index (χ1) is 8.93. The second-order valence-electron chi connectivity index (χ2n) is 4.36. The zero-order valence-electron chi connectivity index (χ0n) is 12.1. The summed E-state index contributed by atoms with van der Waals surface area (Å²) in [6.07, 6.45) is 0. The number of allylic oxidation sites excluding steroid dienone is 2. The summed E-state index contributed by atoms with van der Waals surface area (Å²) in [6, 6.07) is 0. The Bertz CT molecular complexity index is 412. The normalized spacial score (nSPS) is 19.3. The monoisotopic (exact) mass is 283 g/mol. The van der Waals surface area contributed by atoms with Gasteiger partial charge in [-0.2, -0.15) is 0 Å². The third kappa shape index (κ3) is 3.41. The van der Waals surface area contributed by atoms with Crippen molar-refractivity contribution in [3.63, 3.8) is 0 Å². The highest BCUT2D eigenvalue weighted by Crippen LogP contribution is 2.32. The highest BCUT2D eigenvalue weighted by atomic mass is 32.2. The molecular formula is C14H21NO3S. The third-order valence-corrected chi connectivity index (χ3v) is 3.81. The van der Waals surface area contributed by atoms with Gasteiger partial charge in [-0.1, -0.05) is 25.6 Å². The Morgan fingerprint density at radius 3 is 2.32 bits per heavy atom. The molecule has 1 heterocycles. The van der Waals surface area contributed by atoms with Crippen LogP contribution in [-0.2, 0) is 14.3 Å². The van der Waals surface area contributed by atoms with Crippen LogP contribution in [0.3, 0.4) is 0 Å². The minimum Gasteiger partial charge on any atom is -0.463 e. The van der Waals surface area contributed by atoms with Crippen LogP contribution in [0.25, 0.3) is 0 Å². The Hall–Kier alpha value is -1.23. The lowest BCUT2D eigenvalue weighted by Gasteiger charge is -2.27. The molecule has 1 N–H and O–H groups in total. The summed E-state index contributed by atoms with van der Waals surface area (Å²) in [5, 5.41) is 3.14. The minimum atomic E-state index is -0.348. The standard InChI is InChI=1S/C14H21NO3S/c1-6-18-13(16)11-8(3)12(14(17)19-7-2)10(5)15-9(11)4/h8,15H,6-7H2,1-5H3. The third-order valence-electron chi connectivity index (χ3n) is 3.04. The summed E-state index contributed by atoms with van der Waals surface area (Å²) in [4.78, 5) is 24.1. The van der Waals surface area contributed by atoms with E-state index in [1.807, 2.05) is 27.7 Å². The fraction of sp³-hybridized carbons (Fsp3) is 0.571. The zero-order chi connectivity index (χ0) is 14.6. The second-order valence-corrected chi connectivity index (χ2v) is 5.60. The summed E-state index contributed by atoms with van der Waals surface area (Å²) in [5.74, 6) is 0.144. The van der Waals surface area contributed by atoms with Gasteiger partial charge in [-0.15, -0.1) is 0 Å². The maximum absolute atomic E-state index is 12.1. The number of dihydropyridines is 1. The van der Waals surface area contributed by atoms with Gasteiger partial charge in [0.1, 0.15) is 0 Å². The molecular weight excluding hydrogens is 262 g/mol. The van der Waals surface area contributed by atoms with Crippen LogP contribution >= 0.6 is 11.8 Å². The fourth-order valence-electron chi connectivity index (χ4n) is 2.29. The molecule has 106 valence electrons. The summed E-state index contributed by atoms with van der Waals surface area (Å²) >= 11 is 1.26. The molecule has 0 aromatic heterocycles. The number of carbonyl (C=O) groups is 2. The first kappa shape index (κ1) is 15.8. The van der Waals surface area contributed by atoms with Gasteiger partial charge in [-0.05, 0) is 26.5 Å². The quantitative estimate of drug-likeness (QED) is 0.804.